The first-order chi connectivity index (χ1) is 12.2. The zero-order valence-electron chi connectivity index (χ0n) is 14.2. The maximum Gasteiger partial charge on any atom is 0.260 e. The van der Waals surface area contributed by atoms with Gasteiger partial charge in [-0.1, -0.05) is 6.07 Å². The van der Waals surface area contributed by atoms with Gasteiger partial charge in [0, 0.05) is 38.3 Å². The molecule has 2 heterocycles. The van der Waals surface area contributed by atoms with Crippen molar-refractivity contribution in [2.24, 2.45) is 0 Å². The molecule has 0 aliphatic carbocycles. The number of anilines is 1. The van der Waals surface area contributed by atoms with Crippen molar-refractivity contribution in [1.29, 1.82) is 0 Å². The molecule has 1 aromatic carbocycles. The largest absolute Gasteiger partial charge is 0.484 e. The summed E-state index contributed by atoms with van der Waals surface area (Å²) in [5, 5.41) is 3.04. The molecule has 0 bridgehead atoms. The number of likely N-dealkylation sites (tertiary alicyclic amines) is 1. The molecule has 132 valence electrons. The highest BCUT2D eigenvalue weighted by Gasteiger charge is 2.25. The van der Waals surface area contributed by atoms with Gasteiger partial charge in [0.05, 0.1) is 0 Å². The molecule has 1 aliphatic heterocycles. The number of rotatable bonds is 5. The van der Waals surface area contributed by atoms with Crippen molar-refractivity contribution in [3.63, 3.8) is 0 Å². The van der Waals surface area contributed by atoms with Crippen molar-refractivity contribution >= 4 is 11.7 Å². The van der Waals surface area contributed by atoms with Gasteiger partial charge in [0.1, 0.15) is 17.4 Å². The molecular formula is C19H22FN3O2. The van der Waals surface area contributed by atoms with E-state index in [-0.39, 0.29) is 18.3 Å². The maximum atomic E-state index is 13.2. The number of ether oxygens (including phenoxy) is 1. The summed E-state index contributed by atoms with van der Waals surface area (Å²) in [7, 11) is 1.84. The zero-order chi connectivity index (χ0) is 17.6. The summed E-state index contributed by atoms with van der Waals surface area (Å²) in [6.45, 7) is 1.32. The van der Waals surface area contributed by atoms with Crippen LogP contribution < -0.4 is 10.1 Å². The van der Waals surface area contributed by atoms with Gasteiger partial charge in [0.25, 0.3) is 5.91 Å². The van der Waals surface area contributed by atoms with E-state index >= 15 is 0 Å². The standard InChI is InChI=1S/C19H22FN3O2/c1-21-18-10-14(7-8-22-18)15-4-3-9-23(12-15)19(24)13-25-17-6-2-5-16(20)11-17/h2,5-8,10-11,15H,3-4,9,12-13H2,1H3,(H,21,22). The first kappa shape index (κ1) is 17.2. The number of halogens is 1. The highest BCUT2D eigenvalue weighted by Crippen LogP contribution is 2.28. The molecule has 1 fully saturated rings. The number of nitrogens with zero attached hydrogens (tertiary/aromatic N) is 2. The minimum absolute atomic E-state index is 0.0724. The quantitative estimate of drug-likeness (QED) is 0.907. The van der Waals surface area contributed by atoms with Crippen LogP contribution in [0.3, 0.4) is 0 Å². The Morgan fingerprint density at radius 1 is 1.40 bits per heavy atom. The molecule has 1 amide bonds. The van der Waals surface area contributed by atoms with Gasteiger partial charge < -0.3 is 15.0 Å². The fourth-order valence-corrected chi connectivity index (χ4v) is 3.11. The summed E-state index contributed by atoms with van der Waals surface area (Å²) < 4.78 is 18.6. The van der Waals surface area contributed by atoms with Gasteiger partial charge in [0.2, 0.25) is 0 Å². The van der Waals surface area contributed by atoms with Gasteiger partial charge in [0.15, 0.2) is 6.61 Å². The Morgan fingerprint density at radius 3 is 3.08 bits per heavy atom. The molecule has 3 rings (SSSR count). The maximum absolute atomic E-state index is 13.2. The lowest BCUT2D eigenvalue weighted by molar-refractivity contribution is -0.134. The summed E-state index contributed by atoms with van der Waals surface area (Å²) in [6, 6.07) is 9.87. The zero-order valence-corrected chi connectivity index (χ0v) is 14.2. The molecule has 25 heavy (non-hydrogen) atoms. The molecule has 1 N–H and O–H groups in total. The molecular weight excluding hydrogens is 321 g/mol. The van der Waals surface area contributed by atoms with Crippen LogP contribution in [0, 0.1) is 5.82 Å². The van der Waals surface area contributed by atoms with E-state index in [0.717, 1.165) is 25.2 Å². The van der Waals surface area contributed by atoms with Crippen molar-refractivity contribution in [1.82, 2.24) is 9.88 Å². The number of nitrogens with one attached hydrogen (secondary N) is 1. The number of piperidine rings is 1. The number of carbonyl (C=O) groups excluding carboxylic acids is 1. The second-order valence-corrected chi connectivity index (χ2v) is 6.15. The average molecular weight is 343 g/mol. The highest BCUT2D eigenvalue weighted by atomic mass is 19.1. The molecule has 1 aromatic heterocycles. The Kier molecular flexibility index (Phi) is 5.48. The number of carbonyl (C=O) groups is 1. The molecule has 0 spiro atoms. The Labute approximate surface area is 146 Å². The smallest absolute Gasteiger partial charge is 0.260 e. The second-order valence-electron chi connectivity index (χ2n) is 6.15. The normalized spacial score (nSPS) is 17.2. The van der Waals surface area contributed by atoms with E-state index < -0.39 is 0 Å². The fraction of sp³-hybridized carbons (Fsp3) is 0.368. The minimum Gasteiger partial charge on any atom is -0.484 e. The summed E-state index contributed by atoms with van der Waals surface area (Å²) >= 11 is 0. The first-order valence-corrected chi connectivity index (χ1v) is 8.45. The molecule has 1 saturated heterocycles. The van der Waals surface area contributed by atoms with Crippen molar-refractivity contribution in [3.8, 4) is 5.75 Å². The van der Waals surface area contributed by atoms with E-state index in [1.165, 1.54) is 17.7 Å². The third kappa shape index (κ3) is 4.47. The third-order valence-corrected chi connectivity index (χ3v) is 4.44. The van der Waals surface area contributed by atoms with Crippen LogP contribution in [0.5, 0.6) is 5.75 Å². The monoisotopic (exact) mass is 343 g/mol. The molecule has 1 aliphatic rings. The molecule has 1 unspecified atom stereocenters. The number of amides is 1. The van der Waals surface area contributed by atoms with Crippen LogP contribution in [-0.2, 0) is 4.79 Å². The van der Waals surface area contributed by atoms with Crippen molar-refractivity contribution in [2.75, 3.05) is 32.1 Å². The minimum atomic E-state index is -0.374. The SMILES string of the molecule is CNc1cc(C2CCCN(C(=O)COc3cccc(F)c3)C2)ccn1. The first-order valence-electron chi connectivity index (χ1n) is 8.45. The summed E-state index contributed by atoms with van der Waals surface area (Å²) in [6.07, 6.45) is 3.78. The Morgan fingerprint density at radius 2 is 2.28 bits per heavy atom. The van der Waals surface area contributed by atoms with Gasteiger partial charge in [-0.2, -0.15) is 0 Å². The Hall–Kier alpha value is -2.63. The van der Waals surface area contributed by atoms with Crippen molar-refractivity contribution < 1.29 is 13.9 Å². The van der Waals surface area contributed by atoms with E-state index in [2.05, 4.69) is 10.3 Å². The van der Waals surface area contributed by atoms with Gasteiger partial charge in [-0.25, -0.2) is 9.37 Å². The van der Waals surface area contributed by atoms with Gasteiger partial charge >= 0.3 is 0 Å². The van der Waals surface area contributed by atoms with Crippen LogP contribution in [0.1, 0.15) is 24.3 Å². The summed E-state index contributed by atoms with van der Waals surface area (Å²) in [4.78, 5) is 18.5. The highest BCUT2D eigenvalue weighted by molar-refractivity contribution is 5.78. The fourth-order valence-electron chi connectivity index (χ4n) is 3.11. The number of pyridine rings is 1. The van der Waals surface area contributed by atoms with Crippen LogP contribution in [0.15, 0.2) is 42.6 Å². The number of hydrogen-bond donors (Lipinski definition) is 1. The lowest BCUT2D eigenvalue weighted by Gasteiger charge is -2.33. The molecule has 0 saturated carbocycles. The number of aromatic nitrogens is 1. The second kappa shape index (κ2) is 7.96. The Balaban J connectivity index is 1.59. The van der Waals surface area contributed by atoms with Crippen molar-refractivity contribution in [2.45, 2.75) is 18.8 Å². The van der Waals surface area contributed by atoms with Crippen LogP contribution >= 0.6 is 0 Å². The molecule has 5 nitrogen and oxygen atoms in total. The Bertz CT molecular complexity index is 738. The number of hydrogen-bond acceptors (Lipinski definition) is 4. The molecule has 1 atom stereocenters. The summed E-state index contributed by atoms with van der Waals surface area (Å²) in [5.74, 6) is 1.05. The molecule has 0 radical (unpaired) electrons. The van der Waals surface area contributed by atoms with E-state index in [1.54, 1.807) is 18.3 Å². The van der Waals surface area contributed by atoms with Crippen molar-refractivity contribution in [3.05, 3.63) is 54.0 Å². The van der Waals surface area contributed by atoms with E-state index in [1.807, 2.05) is 24.1 Å². The van der Waals surface area contributed by atoms with E-state index in [0.29, 0.717) is 18.2 Å². The molecule has 2 aromatic rings. The van der Waals surface area contributed by atoms with Crippen LogP contribution in [0.2, 0.25) is 0 Å². The lowest BCUT2D eigenvalue weighted by atomic mass is 9.91. The topological polar surface area (TPSA) is 54.5 Å². The van der Waals surface area contributed by atoms with Crippen LogP contribution in [-0.4, -0.2) is 42.5 Å². The van der Waals surface area contributed by atoms with E-state index in [9.17, 15) is 9.18 Å². The van der Waals surface area contributed by atoms with Gasteiger partial charge in [-0.3, -0.25) is 4.79 Å². The van der Waals surface area contributed by atoms with Gasteiger partial charge in [-0.05, 0) is 42.7 Å². The predicted molar refractivity (Wildman–Crippen MR) is 94.2 cm³/mol. The lowest BCUT2D eigenvalue weighted by Crippen LogP contribution is -2.41. The van der Waals surface area contributed by atoms with Crippen LogP contribution in [0.4, 0.5) is 10.2 Å². The number of benzene rings is 1. The van der Waals surface area contributed by atoms with Gasteiger partial charge in [-0.15, -0.1) is 0 Å². The summed E-state index contributed by atoms with van der Waals surface area (Å²) in [5.41, 5.74) is 1.18. The average Bonchev–Trinajstić information content (AvgIpc) is 2.66. The van der Waals surface area contributed by atoms with E-state index in [4.69, 9.17) is 4.74 Å². The predicted octanol–water partition coefficient (Wildman–Crippen LogP) is 3.05. The van der Waals surface area contributed by atoms with Crippen LogP contribution in [0.25, 0.3) is 0 Å². The third-order valence-electron chi connectivity index (χ3n) is 4.44. The molecule has 6 heteroatoms.